The molecule has 0 bridgehead atoms. The van der Waals surface area contributed by atoms with Crippen molar-refractivity contribution in [2.24, 2.45) is 0 Å². The van der Waals surface area contributed by atoms with E-state index >= 15 is 0 Å². The van der Waals surface area contributed by atoms with Gasteiger partial charge in [0.2, 0.25) is 0 Å². The zero-order chi connectivity index (χ0) is 12.3. The summed E-state index contributed by atoms with van der Waals surface area (Å²) < 4.78 is 0. The molecule has 90 valence electrons. The van der Waals surface area contributed by atoms with Gasteiger partial charge in [0.1, 0.15) is 5.82 Å². The lowest BCUT2D eigenvalue weighted by Crippen LogP contribution is -2.21. The Morgan fingerprint density at radius 3 is 2.38 bits per heavy atom. The SMILES string of the molecule is CCN(C)c1cc(CCl)cc(C(C)(C)C)n1. The fraction of sp³-hybridized carbons (Fsp3) is 0.615. The molecule has 0 N–H and O–H groups in total. The summed E-state index contributed by atoms with van der Waals surface area (Å²) in [5, 5.41) is 0. The lowest BCUT2D eigenvalue weighted by molar-refractivity contribution is 0.567. The fourth-order valence-electron chi connectivity index (χ4n) is 1.39. The van der Waals surface area contributed by atoms with Crippen molar-refractivity contribution in [3.8, 4) is 0 Å². The third-order valence-corrected chi connectivity index (χ3v) is 2.97. The Bertz CT molecular complexity index is 355. The summed E-state index contributed by atoms with van der Waals surface area (Å²) in [4.78, 5) is 6.82. The van der Waals surface area contributed by atoms with E-state index in [4.69, 9.17) is 16.6 Å². The summed E-state index contributed by atoms with van der Waals surface area (Å²) in [6, 6.07) is 4.16. The lowest BCUT2D eigenvalue weighted by Gasteiger charge is -2.23. The first-order chi connectivity index (χ1) is 7.38. The Morgan fingerprint density at radius 2 is 1.94 bits per heavy atom. The fourth-order valence-corrected chi connectivity index (χ4v) is 1.54. The first-order valence-corrected chi connectivity index (χ1v) is 6.20. The highest BCUT2D eigenvalue weighted by molar-refractivity contribution is 6.17. The van der Waals surface area contributed by atoms with E-state index in [-0.39, 0.29) is 5.41 Å². The summed E-state index contributed by atoms with van der Waals surface area (Å²) in [6.07, 6.45) is 0. The number of hydrogen-bond acceptors (Lipinski definition) is 2. The van der Waals surface area contributed by atoms with Gasteiger partial charge in [-0.05, 0) is 24.6 Å². The number of nitrogens with zero attached hydrogens (tertiary/aromatic N) is 2. The van der Waals surface area contributed by atoms with Crippen LogP contribution < -0.4 is 4.90 Å². The van der Waals surface area contributed by atoms with Gasteiger partial charge in [0.15, 0.2) is 0 Å². The van der Waals surface area contributed by atoms with Gasteiger partial charge < -0.3 is 4.90 Å². The molecule has 0 aliphatic rings. The number of aromatic nitrogens is 1. The van der Waals surface area contributed by atoms with Gasteiger partial charge in [0.25, 0.3) is 0 Å². The molecule has 0 aromatic carbocycles. The number of pyridine rings is 1. The average molecular weight is 241 g/mol. The smallest absolute Gasteiger partial charge is 0.128 e. The predicted octanol–water partition coefficient (Wildman–Crippen LogP) is 3.57. The molecule has 0 aliphatic carbocycles. The minimum atomic E-state index is 0.0609. The molecule has 0 radical (unpaired) electrons. The summed E-state index contributed by atoms with van der Waals surface area (Å²) in [5.74, 6) is 1.54. The van der Waals surface area contributed by atoms with Crippen molar-refractivity contribution in [2.45, 2.75) is 39.0 Å². The third kappa shape index (κ3) is 3.11. The van der Waals surface area contributed by atoms with Crippen molar-refractivity contribution in [3.63, 3.8) is 0 Å². The first-order valence-electron chi connectivity index (χ1n) is 5.67. The van der Waals surface area contributed by atoms with E-state index < -0.39 is 0 Å². The molecule has 0 amide bonds. The van der Waals surface area contributed by atoms with Gasteiger partial charge in [-0.3, -0.25) is 0 Å². The first kappa shape index (κ1) is 13.3. The van der Waals surface area contributed by atoms with Gasteiger partial charge in [0.05, 0.1) is 0 Å². The molecule has 0 spiro atoms. The molecule has 0 saturated heterocycles. The summed E-state index contributed by atoms with van der Waals surface area (Å²) in [6.45, 7) is 9.57. The Balaban J connectivity index is 3.21. The molecule has 0 atom stereocenters. The van der Waals surface area contributed by atoms with Crippen molar-refractivity contribution >= 4 is 17.4 Å². The highest BCUT2D eigenvalue weighted by Crippen LogP contribution is 2.25. The standard InChI is InChI=1S/C13H21ClN2/c1-6-16(5)12-8-10(9-14)7-11(15-12)13(2,3)4/h7-8H,6,9H2,1-5H3. The molecular formula is C13H21ClN2. The molecule has 0 aliphatic heterocycles. The quantitative estimate of drug-likeness (QED) is 0.751. The van der Waals surface area contributed by atoms with Crippen molar-refractivity contribution in [3.05, 3.63) is 23.4 Å². The molecule has 3 heteroatoms. The van der Waals surface area contributed by atoms with E-state index in [9.17, 15) is 0 Å². The second-order valence-electron chi connectivity index (χ2n) is 5.12. The zero-order valence-electron chi connectivity index (χ0n) is 10.8. The van der Waals surface area contributed by atoms with E-state index in [0.29, 0.717) is 5.88 Å². The highest BCUT2D eigenvalue weighted by Gasteiger charge is 2.17. The second-order valence-corrected chi connectivity index (χ2v) is 5.38. The van der Waals surface area contributed by atoms with Gasteiger partial charge in [-0.25, -0.2) is 4.98 Å². The maximum atomic E-state index is 5.92. The molecule has 1 aromatic rings. The summed E-state index contributed by atoms with van der Waals surface area (Å²) in [5.41, 5.74) is 2.30. The van der Waals surface area contributed by atoms with Crippen LogP contribution in [-0.2, 0) is 11.3 Å². The number of alkyl halides is 1. The van der Waals surface area contributed by atoms with Crippen LogP contribution in [0.15, 0.2) is 12.1 Å². The number of rotatable bonds is 3. The Morgan fingerprint density at radius 1 is 1.31 bits per heavy atom. The molecule has 2 nitrogen and oxygen atoms in total. The maximum Gasteiger partial charge on any atom is 0.128 e. The van der Waals surface area contributed by atoms with Crippen molar-refractivity contribution in [1.29, 1.82) is 0 Å². The lowest BCUT2D eigenvalue weighted by atomic mass is 9.91. The van der Waals surface area contributed by atoms with Gasteiger partial charge in [0, 0.05) is 30.6 Å². The van der Waals surface area contributed by atoms with Crippen LogP contribution in [0.1, 0.15) is 39.0 Å². The summed E-state index contributed by atoms with van der Waals surface area (Å²) >= 11 is 5.92. The van der Waals surface area contributed by atoms with Crippen LogP contribution in [0.4, 0.5) is 5.82 Å². The monoisotopic (exact) mass is 240 g/mol. The molecule has 0 fully saturated rings. The minimum absolute atomic E-state index is 0.0609. The van der Waals surface area contributed by atoms with E-state index in [1.165, 1.54) is 0 Å². The second kappa shape index (κ2) is 5.05. The summed E-state index contributed by atoms with van der Waals surface area (Å²) in [7, 11) is 2.05. The van der Waals surface area contributed by atoms with E-state index in [1.54, 1.807) is 0 Å². The van der Waals surface area contributed by atoms with Gasteiger partial charge >= 0.3 is 0 Å². The number of anilines is 1. The van der Waals surface area contributed by atoms with Crippen molar-refractivity contribution in [1.82, 2.24) is 4.98 Å². The Hall–Kier alpha value is -0.760. The van der Waals surface area contributed by atoms with Crippen molar-refractivity contribution in [2.75, 3.05) is 18.5 Å². The molecule has 1 rings (SSSR count). The largest absolute Gasteiger partial charge is 0.360 e. The predicted molar refractivity (Wildman–Crippen MR) is 71.4 cm³/mol. The van der Waals surface area contributed by atoms with Gasteiger partial charge in [-0.2, -0.15) is 0 Å². The molecule has 0 unspecified atom stereocenters. The van der Waals surface area contributed by atoms with Crippen LogP contribution in [0.2, 0.25) is 0 Å². The third-order valence-electron chi connectivity index (χ3n) is 2.66. The molecule has 16 heavy (non-hydrogen) atoms. The molecule has 1 aromatic heterocycles. The molecular weight excluding hydrogens is 220 g/mol. The molecule has 0 saturated carbocycles. The van der Waals surface area contributed by atoms with Crippen molar-refractivity contribution < 1.29 is 0 Å². The van der Waals surface area contributed by atoms with Crippen LogP contribution in [0.5, 0.6) is 0 Å². The average Bonchev–Trinajstić information content (AvgIpc) is 2.26. The van der Waals surface area contributed by atoms with Gasteiger partial charge in [-0.1, -0.05) is 20.8 Å². The molecule has 1 heterocycles. The van der Waals surface area contributed by atoms with E-state index in [0.717, 1.165) is 23.6 Å². The highest BCUT2D eigenvalue weighted by atomic mass is 35.5. The van der Waals surface area contributed by atoms with Crippen LogP contribution in [-0.4, -0.2) is 18.6 Å². The Labute approximate surface area is 104 Å². The van der Waals surface area contributed by atoms with Crippen LogP contribution in [0, 0.1) is 0 Å². The number of hydrogen-bond donors (Lipinski definition) is 0. The van der Waals surface area contributed by atoms with Gasteiger partial charge in [-0.15, -0.1) is 11.6 Å². The van der Waals surface area contributed by atoms with Crippen LogP contribution >= 0.6 is 11.6 Å². The minimum Gasteiger partial charge on any atom is -0.360 e. The van der Waals surface area contributed by atoms with E-state index in [2.05, 4.69) is 44.7 Å². The topological polar surface area (TPSA) is 16.1 Å². The number of halogens is 1. The van der Waals surface area contributed by atoms with Crippen LogP contribution in [0.25, 0.3) is 0 Å². The van der Waals surface area contributed by atoms with E-state index in [1.807, 2.05) is 7.05 Å². The maximum absolute atomic E-state index is 5.92. The normalized spacial score (nSPS) is 11.6. The zero-order valence-corrected chi connectivity index (χ0v) is 11.6. The van der Waals surface area contributed by atoms with Crippen LogP contribution in [0.3, 0.4) is 0 Å². The Kier molecular flexibility index (Phi) is 4.20.